The van der Waals surface area contributed by atoms with Crippen LogP contribution in [0.5, 0.6) is 0 Å². The van der Waals surface area contributed by atoms with Crippen LogP contribution in [-0.4, -0.2) is 29.3 Å². The predicted molar refractivity (Wildman–Crippen MR) is 73.2 cm³/mol. The van der Waals surface area contributed by atoms with Gasteiger partial charge in [0.2, 0.25) is 0 Å². The molecule has 1 rings (SSSR count). The molecule has 17 heavy (non-hydrogen) atoms. The molecular formula is C11H17Cl2N3O. The minimum atomic E-state index is -0.287. The Labute approximate surface area is 111 Å². The summed E-state index contributed by atoms with van der Waals surface area (Å²) in [6.45, 7) is 4.04. The van der Waals surface area contributed by atoms with Gasteiger partial charge in [0.25, 0.3) is 0 Å². The Balaban J connectivity index is 2.98. The Morgan fingerprint density at radius 2 is 1.88 bits per heavy atom. The van der Waals surface area contributed by atoms with Crippen molar-refractivity contribution in [2.45, 2.75) is 25.8 Å². The van der Waals surface area contributed by atoms with Gasteiger partial charge in [0.05, 0.1) is 10.0 Å². The van der Waals surface area contributed by atoms with E-state index in [0.29, 0.717) is 28.1 Å². The van der Waals surface area contributed by atoms with Crippen molar-refractivity contribution in [1.29, 1.82) is 0 Å². The maximum absolute atomic E-state index is 8.97. The Bertz CT molecular complexity index is 397. The van der Waals surface area contributed by atoms with Gasteiger partial charge >= 0.3 is 0 Å². The van der Waals surface area contributed by atoms with Gasteiger partial charge in [0.1, 0.15) is 11.6 Å². The summed E-state index contributed by atoms with van der Waals surface area (Å²) < 4.78 is 0. The van der Waals surface area contributed by atoms with Gasteiger partial charge < -0.3 is 15.7 Å². The maximum Gasteiger partial charge on any atom is 0.147 e. The summed E-state index contributed by atoms with van der Waals surface area (Å²) in [5.74, 6) is 1.12. The highest BCUT2D eigenvalue weighted by Gasteiger charge is 2.19. The van der Waals surface area contributed by atoms with Crippen LogP contribution in [0.1, 0.15) is 20.3 Å². The van der Waals surface area contributed by atoms with Gasteiger partial charge in [0.15, 0.2) is 0 Å². The molecule has 3 N–H and O–H groups in total. The van der Waals surface area contributed by atoms with E-state index in [1.807, 2.05) is 13.8 Å². The molecular weight excluding hydrogens is 261 g/mol. The number of rotatable bonds is 5. The van der Waals surface area contributed by atoms with E-state index in [1.165, 1.54) is 0 Å². The molecule has 0 aliphatic heterocycles. The van der Waals surface area contributed by atoms with Gasteiger partial charge in [-0.15, -0.1) is 0 Å². The Morgan fingerprint density at radius 1 is 1.29 bits per heavy atom. The summed E-state index contributed by atoms with van der Waals surface area (Å²) in [5.41, 5.74) is -0.287. The zero-order chi connectivity index (χ0) is 13.1. The third-order valence-electron chi connectivity index (χ3n) is 2.36. The third kappa shape index (κ3) is 3.91. The molecule has 0 aromatic carbocycles. The van der Waals surface area contributed by atoms with Crippen molar-refractivity contribution in [1.82, 2.24) is 4.98 Å². The summed E-state index contributed by atoms with van der Waals surface area (Å²) in [5, 5.41) is 16.0. The van der Waals surface area contributed by atoms with Crippen LogP contribution in [0.25, 0.3) is 0 Å². The topological polar surface area (TPSA) is 57.2 Å². The predicted octanol–water partition coefficient (Wildman–Crippen LogP) is 3.00. The number of nitrogens with zero attached hydrogens (tertiary/aromatic N) is 1. The van der Waals surface area contributed by atoms with E-state index in [2.05, 4.69) is 15.6 Å². The smallest absolute Gasteiger partial charge is 0.147 e. The molecule has 1 heterocycles. The number of hydrogen-bond acceptors (Lipinski definition) is 4. The first kappa shape index (κ1) is 14.4. The van der Waals surface area contributed by atoms with Crippen LogP contribution in [0.2, 0.25) is 10.0 Å². The van der Waals surface area contributed by atoms with Crippen molar-refractivity contribution in [3.63, 3.8) is 0 Å². The zero-order valence-corrected chi connectivity index (χ0v) is 11.7. The maximum atomic E-state index is 8.97. The lowest BCUT2D eigenvalue weighted by molar-refractivity contribution is 0.260. The minimum Gasteiger partial charge on any atom is -0.396 e. The van der Waals surface area contributed by atoms with Crippen LogP contribution in [0.4, 0.5) is 11.6 Å². The minimum absolute atomic E-state index is 0.101. The average molecular weight is 278 g/mol. The molecule has 0 atom stereocenters. The Morgan fingerprint density at radius 3 is 2.41 bits per heavy atom. The molecule has 1 aromatic rings. The molecule has 0 fully saturated rings. The molecule has 1 aromatic heterocycles. The second kappa shape index (κ2) is 5.76. The van der Waals surface area contributed by atoms with Crippen molar-refractivity contribution in [3.8, 4) is 0 Å². The Kier molecular flexibility index (Phi) is 4.86. The molecule has 0 bridgehead atoms. The van der Waals surface area contributed by atoms with Gasteiger partial charge in [-0.3, -0.25) is 0 Å². The first-order valence-corrected chi connectivity index (χ1v) is 6.08. The fourth-order valence-electron chi connectivity index (χ4n) is 1.39. The quantitative estimate of drug-likeness (QED) is 0.775. The summed E-state index contributed by atoms with van der Waals surface area (Å²) in [6, 6.07) is 1.64. The second-order valence-electron chi connectivity index (χ2n) is 4.38. The van der Waals surface area contributed by atoms with Crippen LogP contribution in [0.3, 0.4) is 0 Å². The van der Waals surface area contributed by atoms with Gasteiger partial charge in [-0.2, -0.15) is 0 Å². The number of nitrogens with one attached hydrogen (secondary N) is 2. The monoisotopic (exact) mass is 277 g/mol. The largest absolute Gasteiger partial charge is 0.396 e. The average Bonchev–Trinajstić information content (AvgIpc) is 2.21. The third-order valence-corrected chi connectivity index (χ3v) is 2.94. The lowest BCUT2D eigenvalue weighted by atomic mass is 10.0. The van der Waals surface area contributed by atoms with Crippen LogP contribution in [-0.2, 0) is 0 Å². The fourth-order valence-corrected chi connectivity index (χ4v) is 1.89. The molecule has 4 nitrogen and oxygen atoms in total. The van der Waals surface area contributed by atoms with Crippen molar-refractivity contribution in [3.05, 3.63) is 16.1 Å². The van der Waals surface area contributed by atoms with E-state index in [4.69, 9.17) is 28.3 Å². The summed E-state index contributed by atoms with van der Waals surface area (Å²) in [4.78, 5) is 4.29. The molecule has 96 valence electrons. The molecule has 6 heteroatoms. The highest BCUT2D eigenvalue weighted by atomic mass is 35.5. The molecule has 0 amide bonds. The van der Waals surface area contributed by atoms with Crippen LogP contribution >= 0.6 is 23.2 Å². The van der Waals surface area contributed by atoms with E-state index < -0.39 is 0 Å². The molecule has 0 aliphatic carbocycles. The number of aliphatic hydroxyl groups is 1. The van der Waals surface area contributed by atoms with E-state index in [0.717, 1.165) is 0 Å². The van der Waals surface area contributed by atoms with Gasteiger partial charge in [-0.05, 0) is 26.3 Å². The molecule has 0 saturated carbocycles. The lowest BCUT2D eigenvalue weighted by Crippen LogP contribution is -2.32. The molecule has 0 unspecified atom stereocenters. The van der Waals surface area contributed by atoms with E-state index in [-0.39, 0.29) is 12.1 Å². The fraction of sp³-hybridized carbons (Fsp3) is 0.545. The zero-order valence-electron chi connectivity index (χ0n) is 10.1. The van der Waals surface area contributed by atoms with Crippen molar-refractivity contribution in [2.24, 2.45) is 0 Å². The summed E-state index contributed by atoms with van der Waals surface area (Å²) in [6.07, 6.45) is 0.600. The number of hydrogen-bond donors (Lipinski definition) is 3. The van der Waals surface area contributed by atoms with Crippen LogP contribution in [0.15, 0.2) is 6.07 Å². The standard InChI is InChI=1S/C11H17Cl2N3O/c1-11(2,4-5-17)16-10-8(13)6-7(12)9(14-3)15-10/h6,17H,4-5H2,1-3H3,(H2,14,15,16). The first-order valence-electron chi connectivity index (χ1n) is 5.32. The van der Waals surface area contributed by atoms with Crippen molar-refractivity contribution >= 4 is 34.8 Å². The van der Waals surface area contributed by atoms with Crippen LogP contribution < -0.4 is 10.6 Å². The van der Waals surface area contributed by atoms with Gasteiger partial charge in [0, 0.05) is 19.2 Å². The first-order chi connectivity index (χ1) is 7.89. The molecule has 0 spiro atoms. The summed E-state index contributed by atoms with van der Waals surface area (Å²) in [7, 11) is 1.74. The second-order valence-corrected chi connectivity index (χ2v) is 5.20. The lowest BCUT2D eigenvalue weighted by Gasteiger charge is -2.26. The summed E-state index contributed by atoms with van der Waals surface area (Å²) >= 11 is 12.0. The number of halogens is 2. The highest BCUT2D eigenvalue weighted by molar-refractivity contribution is 6.37. The SMILES string of the molecule is CNc1nc(NC(C)(C)CCO)c(Cl)cc1Cl. The van der Waals surface area contributed by atoms with Crippen LogP contribution in [0, 0.1) is 0 Å². The normalized spacial score (nSPS) is 11.4. The number of anilines is 2. The van der Waals surface area contributed by atoms with E-state index in [1.54, 1.807) is 13.1 Å². The Hall–Kier alpha value is -0.710. The van der Waals surface area contributed by atoms with Crippen molar-refractivity contribution < 1.29 is 5.11 Å². The molecule has 0 aliphatic rings. The van der Waals surface area contributed by atoms with Gasteiger partial charge in [-0.1, -0.05) is 23.2 Å². The number of aromatic nitrogens is 1. The number of pyridine rings is 1. The molecule has 0 radical (unpaired) electrons. The molecule has 0 saturated heterocycles. The number of aliphatic hydroxyl groups excluding tert-OH is 1. The highest BCUT2D eigenvalue weighted by Crippen LogP contribution is 2.30. The van der Waals surface area contributed by atoms with Crippen molar-refractivity contribution in [2.75, 3.05) is 24.3 Å². The van der Waals surface area contributed by atoms with Gasteiger partial charge in [-0.25, -0.2) is 4.98 Å². The van der Waals surface area contributed by atoms with E-state index >= 15 is 0 Å². The van der Waals surface area contributed by atoms with E-state index in [9.17, 15) is 0 Å².